The Morgan fingerprint density at radius 3 is 2.61 bits per heavy atom. The van der Waals surface area contributed by atoms with Crippen molar-refractivity contribution in [3.8, 4) is 0 Å². The van der Waals surface area contributed by atoms with Crippen molar-refractivity contribution in [3.05, 3.63) is 35.4 Å². The smallest absolute Gasteiger partial charge is 0.191 e. The lowest BCUT2D eigenvalue weighted by Gasteiger charge is -2.30. The third-order valence-corrected chi connectivity index (χ3v) is 5.88. The van der Waals surface area contributed by atoms with Crippen LogP contribution in [0, 0.1) is 5.41 Å². The van der Waals surface area contributed by atoms with Crippen LogP contribution in [0.15, 0.2) is 29.3 Å². The first-order valence-corrected chi connectivity index (χ1v) is 10.9. The number of nitrogens with zero attached hydrogens (tertiary/aromatic N) is 2. The van der Waals surface area contributed by atoms with E-state index in [1.807, 2.05) is 0 Å². The molecule has 0 heterocycles. The average molecular weight is 389 g/mol. The minimum absolute atomic E-state index is 0.358. The van der Waals surface area contributed by atoms with Gasteiger partial charge in [0.15, 0.2) is 5.96 Å². The van der Waals surface area contributed by atoms with Gasteiger partial charge < -0.3 is 20.3 Å². The normalized spacial score (nSPS) is 16.5. The van der Waals surface area contributed by atoms with Gasteiger partial charge in [-0.1, -0.05) is 44.0 Å². The molecule has 1 saturated carbocycles. The summed E-state index contributed by atoms with van der Waals surface area (Å²) in [5.41, 5.74) is 2.96. The summed E-state index contributed by atoms with van der Waals surface area (Å²) in [6.07, 6.45) is 6.37. The van der Waals surface area contributed by atoms with E-state index in [1.54, 1.807) is 7.11 Å². The quantitative estimate of drug-likeness (QED) is 0.447. The molecule has 5 nitrogen and oxygen atoms in total. The van der Waals surface area contributed by atoms with E-state index in [0.717, 1.165) is 45.2 Å². The second-order valence-electron chi connectivity index (χ2n) is 8.15. The summed E-state index contributed by atoms with van der Waals surface area (Å²) >= 11 is 0. The number of aliphatic imine (C=N–C) groups is 1. The number of hydrogen-bond donors (Lipinski definition) is 2. The number of rotatable bonds is 11. The third kappa shape index (κ3) is 7.44. The molecule has 28 heavy (non-hydrogen) atoms. The van der Waals surface area contributed by atoms with Crippen LogP contribution in [0.4, 0.5) is 0 Å². The van der Waals surface area contributed by atoms with E-state index in [1.165, 1.54) is 36.8 Å². The highest BCUT2D eigenvalue weighted by molar-refractivity contribution is 5.79. The van der Waals surface area contributed by atoms with Crippen molar-refractivity contribution in [2.24, 2.45) is 10.4 Å². The lowest BCUT2D eigenvalue weighted by molar-refractivity contribution is 0.138. The molecule has 1 fully saturated rings. The van der Waals surface area contributed by atoms with E-state index in [2.05, 4.69) is 60.7 Å². The lowest BCUT2D eigenvalue weighted by atomic mass is 9.83. The minimum Gasteiger partial charge on any atom is -0.385 e. The zero-order valence-electron chi connectivity index (χ0n) is 18.4. The molecular weight excluding hydrogens is 348 g/mol. The molecule has 5 heteroatoms. The highest BCUT2D eigenvalue weighted by atomic mass is 16.5. The van der Waals surface area contributed by atoms with Crippen LogP contribution in [-0.2, 0) is 17.8 Å². The molecule has 0 amide bonds. The molecule has 1 aromatic carbocycles. The fourth-order valence-corrected chi connectivity index (χ4v) is 3.99. The average Bonchev–Trinajstić information content (AvgIpc) is 3.18. The number of methoxy groups -OCH3 is 1. The van der Waals surface area contributed by atoms with Crippen LogP contribution in [0.2, 0.25) is 0 Å². The zero-order chi connectivity index (χ0) is 20.2. The minimum atomic E-state index is 0.358. The summed E-state index contributed by atoms with van der Waals surface area (Å²) in [5.74, 6) is 0.919. The topological polar surface area (TPSA) is 48.9 Å². The van der Waals surface area contributed by atoms with Crippen LogP contribution in [0.25, 0.3) is 0 Å². The maximum atomic E-state index is 5.36. The van der Waals surface area contributed by atoms with E-state index in [0.29, 0.717) is 12.0 Å². The van der Waals surface area contributed by atoms with Crippen LogP contribution in [0.3, 0.4) is 0 Å². The number of hydrogen-bond acceptors (Lipinski definition) is 3. The van der Waals surface area contributed by atoms with Crippen LogP contribution in [0.1, 0.15) is 57.1 Å². The summed E-state index contributed by atoms with van der Waals surface area (Å²) < 4.78 is 5.36. The van der Waals surface area contributed by atoms with Gasteiger partial charge in [0.2, 0.25) is 0 Å². The van der Waals surface area contributed by atoms with E-state index < -0.39 is 0 Å². The van der Waals surface area contributed by atoms with Gasteiger partial charge in [0, 0.05) is 33.4 Å². The molecule has 1 aliphatic rings. The summed E-state index contributed by atoms with van der Waals surface area (Å²) in [7, 11) is 3.95. The van der Waals surface area contributed by atoms with Gasteiger partial charge in [-0.05, 0) is 56.3 Å². The van der Waals surface area contributed by atoms with Gasteiger partial charge in [-0.2, -0.15) is 0 Å². The molecule has 158 valence electrons. The van der Waals surface area contributed by atoms with Crippen molar-refractivity contribution in [1.29, 1.82) is 0 Å². The van der Waals surface area contributed by atoms with E-state index >= 15 is 0 Å². The van der Waals surface area contributed by atoms with Crippen molar-refractivity contribution in [2.45, 2.75) is 59.0 Å². The number of guanidine groups is 1. The number of ether oxygens (including phenoxy) is 1. The molecule has 0 radical (unpaired) electrons. The van der Waals surface area contributed by atoms with Crippen molar-refractivity contribution in [1.82, 2.24) is 15.5 Å². The van der Waals surface area contributed by atoms with Crippen molar-refractivity contribution in [3.63, 3.8) is 0 Å². The lowest BCUT2D eigenvalue weighted by Crippen LogP contribution is -2.43. The summed E-state index contributed by atoms with van der Waals surface area (Å²) in [6, 6.07) is 8.78. The molecule has 0 bridgehead atoms. The van der Waals surface area contributed by atoms with Crippen molar-refractivity contribution >= 4 is 5.96 Å². The van der Waals surface area contributed by atoms with Crippen molar-refractivity contribution in [2.75, 3.05) is 40.4 Å². The predicted molar refractivity (Wildman–Crippen MR) is 119 cm³/mol. The van der Waals surface area contributed by atoms with E-state index in [9.17, 15) is 0 Å². The van der Waals surface area contributed by atoms with Gasteiger partial charge >= 0.3 is 0 Å². The number of benzene rings is 1. The molecule has 0 aliphatic heterocycles. The summed E-state index contributed by atoms with van der Waals surface area (Å²) in [6.45, 7) is 9.73. The van der Waals surface area contributed by atoms with Crippen LogP contribution >= 0.6 is 0 Å². The molecule has 0 atom stereocenters. The van der Waals surface area contributed by atoms with Crippen LogP contribution < -0.4 is 10.6 Å². The molecule has 2 N–H and O–H groups in total. The molecule has 0 unspecified atom stereocenters. The Balaban J connectivity index is 1.97. The fourth-order valence-electron chi connectivity index (χ4n) is 3.99. The van der Waals surface area contributed by atoms with Crippen LogP contribution in [-0.4, -0.2) is 51.3 Å². The Labute approximate surface area is 171 Å². The number of nitrogens with one attached hydrogen (secondary N) is 2. The first-order chi connectivity index (χ1) is 13.6. The maximum absolute atomic E-state index is 5.36. The van der Waals surface area contributed by atoms with E-state index in [4.69, 9.17) is 9.73 Å². The van der Waals surface area contributed by atoms with Gasteiger partial charge in [-0.15, -0.1) is 0 Å². The van der Waals surface area contributed by atoms with Gasteiger partial charge in [0.25, 0.3) is 0 Å². The molecule has 0 saturated heterocycles. The molecule has 0 aromatic heterocycles. The monoisotopic (exact) mass is 388 g/mol. The van der Waals surface area contributed by atoms with Gasteiger partial charge in [0.1, 0.15) is 0 Å². The fraction of sp³-hybridized carbons (Fsp3) is 0.696. The second-order valence-corrected chi connectivity index (χ2v) is 8.15. The molecule has 2 rings (SSSR count). The Kier molecular flexibility index (Phi) is 9.79. The molecule has 1 aliphatic carbocycles. The molecule has 0 spiro atoms. The van der Waals surface area contributed by atoms with E-state index in [-0.39, 0.29) is 0 Å². The Hall–Kier alpha value is -1.59. The Morgan fingerprint density at radius 2 is 1.93 bits per heavy atom. The van der Waals surface area contributed by atoms with Gasteiger partial charge in [-0.25, -0.2) is 4.99 Å². The highest BCUT2D eigenvalue weighted by Gasteiger charge is 2.33. The second kappa shape index (κ2) is 12.1. The van der Waals surface area contributed by atoms with Crippen LogP contribution in [0.5, 0.6) is 0 Å². The maximum Gasteiger partial charge on any atom is 0.191 e. The Bertz CT molecular complexity index is 596. The SMILES string of the molecule is CCNC(=NCc1cccc(CN(C)CC)c1)NCC1(CCOC)CCCC1. The molecular formula is C23H40N4O. The largest absolute Gasteiger partial charge is 0.385 e. The van der Waals surface area contributed by atoms with Crippen molar-refractivity contribution < 1.29 is 4.74 Å². The summed E-state index contributed by atoms with van der Waals surface area (Å²) in [5, 5.41) is 7.02. The first kappa shape index (κ1) is 22.7. The Morgan fingerprint density at radius 1 is 1.18 bits per heavy atom. The third-order valence-electron chi connectivity index (χ3n) is 5.88. The van der Waals surface area contributed by atoms with Gasteiger partial charge in [0.05, 0.1) is 6.54 Å². The summed E-state index contributed by atoms with van der Waals surface area (Å²) in [4.78, 5) is 7.16. The standard InChI is InChI=1S/C23H40N4O/c1-5-24-22(26-19-23(14-15-28-4)12-7-8-13-23)25-17-20-10-9-11-21(16-20)18-27(3)6-2/h9-11,16H,5-8,12-15,17-19H2,1-4H3,(H2,24,25,26). The predicted octanol–water partition coefficient (Wildman–Crippen LogP) is 3.79. The highest BCUT2D eigenvalue weighted by Crippen LogP contribution is 2.40. The zero-order valence-corrected chi connectivity index (χ0v) is 18.4. The van der Waals surface area contributed by atoms with Gasteiger partial charge in [-0.3, -0.25) is 0 Å². The molecule has 1 aromatic rings. The first-order valence-electron chi connectivity index (χ1n) is 10.9.